The van der Waals surface area contributed by atoms with Crippen LogP contribution in [0.4, 0.5) is 5.69 Å². The van der Waals surface area contributed by atoms with E-state index < -0.39 is 17.9 Å². The van der Waals surface area contributed by atoms with Crippen molar-refractivity contribution < 1.29 is 19.1 Å². The molecule has 1 atom stereocenters. The molecule has 0 radical (unpaired) electrons. The fraction of sp³-hybridized carbons (Fsp3) is 0.158. The molecule has 27 heavy (non-hydrogen) atoms. The summed E-state index contributed by atoms with van der Waals surface area (Å²) in [7, 11) is 0. The zero-order chi connectivity index (χ0) is 19.2. The summed E-state index contributed by atoms with van der Waals surface area (Å²) in [5.41, 5.74) is 1.49. The Morgan fingerprint density at radius 2 is 2.00 bits per heavy atom. The van der Waals surface area contributed by atoms with Crippen LogP contribution in [-0.2, 0) is 9.59 Å². The summed E-state index contributed by atoms with van der Waals surface area (Å²) >= 11 is 3.01. The minimum absolute atomic E-state index is 0.132. The van der Waals surface area contributed by atoms with Crippen molar-refractivity contribution in [1.82, 2.24) is 5.32 Å². The Morgan fingerprint density at radius 1 is 1.19 bits per heavy atom. The number of thioether (sulfide) groups is 1. The van der Waals surface area contributed by atoms with E-state index in [2.05, 4.69) is 10.6 Å². The lowest BCUT2D eigenvalue weighted by atomic mass is 10.2. The Bertz CT molecular complexity index is 921. The van der Waals surface area contributed by atoms with Crippen molar-refractivity contribution in [3.63, 3.8) is 0 Å². The number of hydrogen-bond acceptors (Lipinski definition) is 6. The second-order valence-corrected chi connectivity index (χ2v) is 7.22. The molecule has 0 unspecified atom stereocenters. The predicted molar refractivity (Wildman–Crippen MR) is 107 cm³/mol. The van der Waals surface area contributed by atoms with Crippen LogP contribution in [0.25, 0.3) is 11.3 Å². The van der Waals surface area contributed by atoms with Crippen molar-refractivity contribution in [3.05, 3.63) is 59.0 Å². The molecule has 0 aliphatic heterocycles. The summed E-state index contributed by atoms with van der Waals surface area (Å²) in [5.74, 6) is -0.649. The normalized spacial score (nSPS) is 11.8. The highest BCUT2D eigenvalue weighted by molar-refractivity contribution is 7.98. The van der Waals surface area contributed by atoms with Gasteiger partial charge in [-0.05, 0) is 42.0 Å². The molecule has 6 nitrogen and oxygen atoms in total. The summed E-state index contributed by atoms with van der Waals surface area (Å²) in [4.78, 5) is 24.9. The number of para-hydroxylation sites is 1. The molecule has 3 aromatic rings. The minimum atomic E-state index is -1.05. The smallest absolute Gasteiger partial charge is 0.313 e. The van der Waals surface area contributed by atoms with Crippen LogP contribution in [0.1, 0.15) is 11.9 Å². The van der Waals surface area contributed by atoms with Gasteiger partial charge >= 0.3 is 11.8 Å². The number of benzene rings is 1. The largest absolute Gasteiger partial charge is 0.458 e. The molecule has 0 aliphatic rings. The van der Waals surface area contributed by atoms with Crippen LogP contribution in [0.2, 0.25) is 0 Å². The monoisotopic (exact) mass is 402 g/mol. The molecule has 2 amide bonds. The van der Waals surface area contributed by atoms with Crippen molar-refractivity contribution in [2.45, 2.75) is 11.0 Å². The molecule has 0 saturated carbocycles. The van der Waals surface area contributed by atoms with E-state index in [1.54, 1.807) is 35.6 Å². The lowest BCUT2D eigenvalue weighted by molar-refractivity contribution is -0.136. The number of amides is 2. The lowest BCUT2D eigenvalue weighted by Gasteiger charge is -2.11. The van der Waals surface area contributed by atoms with Gasteiger partial charge in [0.25, 0.3) is 0 Å². The SMILES string of the molecule is CSc1ccccc1NC(=O)C(=O)NC[C@H](O)c1ccc(-c2ccsc2)o1. The molecule has 8 heteroatoms. The molecular weight excluding hydrogens is 384 g/mol. The summed E-state index contributed by atoms with van der Waals surface area (Å²) < 4.78 is 5.61. The number of carbonyl (C=O) groups is 2. The number of aliphatic hydroxyl groups is 1. The Labute approximate surface area is 164 Å². The topological polar surface area (TPSA) is 91.6 Å². The molecule has 2 heterocycles. The number of hydrogen-bond donors (Lipinski definition) is 3. The van der Waals surface area contributed by atoms with Gasteiger partial charge in [-0.3, -0.25) is 9.59 Å². The highest BCUT2D eigenvalue weighted by Crippen LogP contribution is 2.27. The van der Waals surface area contributed by atoms with Crippen LogP contribution >= 0.6 is 23.1 Å². The molecule has 0 saturated heterocycles. The Balaban J connectivity index is 1.54. The maximum Gasteiger partial charge on any atom is 0.313 e. The third kappa shape index (κ3) is 4.79. The first-order chi connectivity index (χ1) is 13.1. The highest BCUT2D eigenvalue weighted by Gasteiger charge is 2.19. The molecule has 0 bridgehead atoms. The molecular formula is C19H18N2O4S2. The van der Waals surface area contributed by atoms with E-state index in [4.69, 9.17) is 4.42 Å². The van der Waals surface area contributed by atoms with Gasteiger partial charge < -0.3 is 20.2 Å². The summed E-state index contributed by atoms with van der Waals surface area (Å²) in [6.45, 7) is -0.132. The molecule has 0 aliphatic carbocycles. The number of carbonyl (C=O) groups excluding carboxylic acids is 2. The first kappa shape index (κ1) is 19.2. The van der Waals surface area contributed by atoms with Crippen LogP contribution < -0.4 is 10.6 Å². The number of rotatable bonds is 6. The third-order valence-corrected chi connectivity index (χ3v) is 5.26. The van der Waals surface area contributed by atoms with E-state index in [0.717, 1.165) is 10.5 Å². The number of furan rings is 1. The Morgan fingerprint density at radius 3 is 2.74 bits per heavy atom. The number of nitrogens with one attached hydrogen (secondary N) is 2. The summed E-state index contributed by atoms with van der Waals surface area (Å²) in [6.07, 6.45) is 0.836. The van der Waals surface area contributed by atoms with Crippen molar-refractivity contribution in [2.75, 3.05) is 18.1 Å². The number of aliphatic hydroxyl groups excluding tert-OH is 1. The molecule has 1 aromatic carbocycles. The predicted octanol–water partition coefficient (Wildman–Crippen LogP) is 3.52. The van der Waals surface area contributed by atoms with Crippen LogP contribution in [0.15, 0.2) is 62.5 Å². The number of anilines is 1. The average molecular weight is 402 g/mol. The van der Waals surface area contributed by atoms with Gasteiger partial charge in [-0.1, -0.05) is 12.1 Å². The highest BCUT2D eigenvalue weighted by atomic mass is 32.2. The zero-order valence-corrected chi connectivity index (χ0v) is 16.1. The lowest BCUT2D eigenvalue weighted by Crippen LogP contribution is -2.37. The van der Waals surface area contributed by atoms with Gasteiger partial charge in [0, 0.05) is 15.8 Å². The van der Waals surface area contributed by atoms with E-state index in [-0.39, 0.29) is 6.54 Å². The van der Waals surface area contributed by atoms with Crippen molar-refractivity contribution in [2.24, 2.45) is 0 Å². The quantitative estimate of drug-likeness (QED) is 0.433. The maximum absolute atomic E-state index is 12.1. The fourth-order valence-corrected chi connectivity index (χ4v) is 3.59. The third-order valence-electron chi connectivity index (χ3n) is 3.78. The van der Waals surface area contributed by atoms with Crippen LogP contribution in [-0.4, -0.2) is 29.7 Å². The maximum atomic E-state index is 12.1. The van der Waals surface area contributed by atoms with Gasteiger partial charge in [0.2, 0.25) is 0 Å². The molecule has 0 spiro atoms. The van der Waals surface area contributed by atoms with Crippen LogP contribution in [0.3, 0.4) is 0 Å². The second-order valence-electron chi connectivity index (χ2n) is 5.59. The molecule has 2 aromatic heterocycles. The van der Waals surface area contributed by atoms with Crippen molar-refractivity contribution >= 4 is 40.6 Å². The van der Waals surface area contributed by atoms with E-state index in [9.17, 15) is 14.7 Å². The van der Waals surface area contributed by atoms with Crippen molar-refractivity contribution in [3.8, 4) is 11.3 Å². The summed E-state index contributed by atoms with van der Waals surface area (Å²) in [6, 6.07) is 12.5. The van der Waals surface area contributed by atoms with Crippen LogP contribution in [0.5, 0.6) is 0 Å². The molecule has 0 fully saturated rings. The first-order valence-electron chi connectivity index (χ1n) is 8.11. The van der Waals surface area contributed by atoms with E-state index in [1.807, 2.05) is 35.2 Å². The second kappa shape index (κ2) is 8.90. The van der Waals surface area contributed by atoms with Gasteiger partial charge in [-0.2, -0.15) is 11.3 Å². The van der Waals surface area contributed by atoms with Gasteiger partial charge in [0.05, 0.1) is 12.2 Å². The standard InChI is InChI=1S/C19H18N2O4S2/c1-26-17-5-3-2-4-13(17)21-19(24)18(23)20-10-14(22)16-7-6-15(25-16)12-8-9-27-11-12/h2-9,11,14,22H,10H2,1H3,(H,20,23)(H,21,24)/t14-/m0/s1. The summed E-state index contributed by atoms with van der Waals surface area (Å²) in [5, 5.41) is 19.1. The first-order valence-corrected chi connectivity index (χ1v) is 10.3. The fourth-order valence-electron chi connectivity index (χ4n) is 2.39. The zero-order valence-electron chi connectivity index (χ0n) is 14.5. The van der Waals surface area contributed by atoms with Gasteiger partial charge in [-0.25, -0.2) is 0 Å². The van der Waals surface area contributed by atoms with Crippen LogP contribution in [0, 0.1) is 0 Å². The van der Waals surface area contributed by atoms with Crippen molar-refractivity contribution in [1.29, 1.82) is 0 Å². The molecule has 3 N–H and O–H groups in total. The van der Waals surface area contributed by atoms with Gasteiger partial charge in [-0.15, -0.1) is 11.8 Å². The van der Waals surface area contributed by atoms with Gasteiger partial charge in [0.1, 0.15) is 17.6 Å². The Hall–Kier alpha value is -2.55. The van der Waals surface area contributed by atoms with E-state index in [0.29, 0.717) is 17.2 Å². The van der Waals surface area contributed by atoms with E-state index in [1.165, 1.54) is 11.8 Å². The average Bonchev–Trinajstić information content (AvgIpc) is 3.37. The number of thiophene rings is 1. The molecule has 140 valence electrons. The van der Waals surface area contributed by atoms with E-state index >= 15 is 0 Å². The minimum Gasteiger partial charge on any atom is -0.458 e. The van der Waals surface area contributed by atoms with Gasteiger partial charge in [0.15, 0.2) is 0 Å². The molecule has 3 rings (SSSR count). The Kier molecular flexibility index (Phi) is 6.33.